The molecule has 14 heteroatoms. The van der Waals surface area contributed by atoms with E-state index in [9.17, 15) is 38.4 Å². The molecule has 0 bridgehead atoms. The molecule has 2 N–H and O–H groups in total. The first-order chi connectivity index (χ1) is 25.2. The number of aromatic amines is 1. The number of imidazole rings is 1. The summed E-state index contributed by atoms with van der Waals surface area (Å²) in [5.74, 6) is 0.342. The van der Waals surface area contributed by atoms with Crippen molar-refractivity contribution in [3.63, 3.8) is 0 Å². The van der Waals surface area contributed by atoms with Gasteiger partial charge in [0.25, 0.3) is 5.56 Å². The zero-order valence-electron chi connectivity index (χ0n) is 31.6. The van der Waals surface area contributed by atoms with Crippen molar-refractivity contribution in [1.82, 2.24) is 29.8 Å². The second-order valence-corrected chi connectivity index (χ2v) is 11.6. The van der Waals surface area contributed by atoms with Gasteiger partial charge >= 0.3 is 0 Å². The van der Waals surface area contributed by atoms with Crippen LogP contribution in [0.2, 0.25) is 0 Å². The van der Waals surface area contributed by atoms with Crippen molar-refractivity contribution in [3.8, 4) is 0 Å². The first-order valence-electron chi connectivity index (χ1n) is 17.5. The quantitative estimate of drug-likeness (QED) is 0.265. The molecule has 1 aliphatic carbocycles. The lowest BCUT2D eigenvalue weighted by Gasteiger charge is -2.04. The standard InChI is InChI=1S/C9H10O2.C8H10N2O.C8H9NO2.C7H10N2O.C7H11NO2/c1-2-9(11)7-3-5-8(10)6-4-7;1-3-8(11)7-5-9-6(2)4-10-7;1-2-7(10)6-4-3-5-9-8(6)11;1-3-7(10)6-4-9(2)5-8-6;1-2-6(9)5-3-4-7(10)8-5/h3-5H,2,6H2,1H3;4-5H,3H2,1-2H3;3-5H,2H2,1H3,(H,9,11);4-5H,3H2,1-2H3;5H,2-4H2,1H3,(H,8,10). The second-order valence-electron chi connectivity index (χ2n) is 11.6. The highest BCUT2D eigenvalue weighted by atomic mass is 16.2. The van der Waals surface area contributed by atoms with Gasteiger partial charge in [-0.3, -0.25) is 43.3 Å². The van der Waals surface area contributed by atoms with E-state index in [0.717, 1.165) is 5.69 Å². The highest BCUT2D eigenvalue weighted by Gasteiger charge is 2.25. The molecule has 1 unspecified atom stereocenters. The summed E-state index contributed by atoms with van der Waals surface area (Å²) < 4.78 is 1.77. The fraction of sp³-hybridized carbons (Fsp3) is 0.410. The second kappa shape index (κ2) is 24.4. The highest BCUT2D eigenvalue weighted by Crippen LogP contribution is 2.10. The Balaban J connectivity index is 0.000000331. The largest absolute Gasteiger partial charge is 0.346 e. The van der Waals surface area contributed by atoms with Gasteiger partial charge in [-0.2, -0.15) is 0 Å². The van der Waals surface area contributed by atoms with Gasteiger partial charge in [0.1, 0.15) is 11.4 Å². The lowest BCUT2D eigenvalue weighted by atomic mass is 10.0. The van der Waals surface area contributed by atoms with Crippen LogP contribution in [0.1, 0.15) is 123 Å². The molecule has 1 aliphatic heterocycles. The molecule has 3 aromatic heterocycles. The van der Waals surface area contributed by atoms with E-state index in [-0.39, 0.29) is 57.8 Å². The number of amides is 1. The summed E-state index contributed by atoms with van der Waals surface area (Å²) in [6.45, 7) is 10.8. The Morgan fingerprint density at radius 3 is 1.89 bits per heavy atom. The maximum atomic E-state index is 11.0. The number of aryl methyl sites for hydroxylation is 2. The van der Waals surface area contributed by atoms with Gasteiger partial charge in [0.05, 0.1) is 29.8 Å². The third-order valence-electron chi connectivity index (χ3n) is 7.49. The average Bonchev–Trinajstić information content (AvgIpc) is 3.83. The monoisotopic (exact) mass is 730 g/mol. The van der Waals surface area contributed by atoms with Gasteiger partial charge in [0.15, 0.2) is 34.7 Å². The molecule has 284 valence electrons. The number of carbonyl (C=O) groups is 7. The molecule has 14 nitrogen and oxygen atoms in total. The SMILES string of the molecule is CCC(=O)C1=CCC(=O)C=C1.CCC(=O)C1CCC(=O)N1.CCC(=O)c1ccc[nH]c1=O.CCC(=O)c1cn(C)cn1.CCC(=O)c1cnc(C)cn1. The van der Waals surface area contributed by atoms with Crippen molar-refractivity contribution in [1.29, 1.82) is 0 Å². The number of rotatable bonds is 10. The van der Waals surface area contributed by atoms with E-state index < -0.39 is 0 Å². The zero-order valence-corrected chi connectivity index (χ0v) is 31.6. The first-order valence-corrected chi connectivity index (χ1v) is 17.5. The Morgan fingerprint density at radius 2 is 1.43 bits per heavy atom. The third-order valence-corrected chi connectivity index (χ3v) is 7.49. The van der Waals surface area contributed by atoms with Crippen molar-refractivity contribution < 1.29 is 33.6 Å². The van der Waals surface area contributed by atoms with Crippen LogP contribution in [0.3, 0.4) is 0 Å². The van der Waals surface area contributed by atoms with Crippen LogP contribution >= 0.6 is 0 Å². The molecular weight excluding hydrogens is 680 g/mol. The Bertz CT molecular complexity index is 1840. The number of hydrogen-bond acceptors (Lipinski definition) is 11. The van der Waals surface area contributed by atoms with Gasteiger partial charge in [-0.25, -0.2) is 9.97 Å². The summed E-state index contributed by atoms with van der Waals surface area (Å²) in [6.07, 6.45) is 16.7. The predicted molar refractivity (Wildman–Crippen MR) is 200 cm³/mol. The minimum absolute atomic E-state index is 0.00630. The van der Waals surface area contributed by atoms with Gasteiger partial charge in [0.2, 0.25) is 5.91 Å². The molecule has 5 rings (SSSR count). The van der Waals surface area contributed by atoms with E-state index >= 15 is 0 Å². The summed E-state index contributed by atoms with van der Waals surface area (Å²) in [6, 6.07) is 2.99. The summed E-state index contributed by atoms with van der Waals surface area (Å²) in [7, 11) is 1.85. The smallest absolute Gasteiger partial charge is 0.258 e. The fourth-order valence-corrected chi connectivity index (χ4v) is 4.33. The highest BCUT2D eigenvalue weighted by molar-refractivity contribution is 6.03. The summed E-state index contributed by atoms with van der Waals surface area (Å²) in [5, 5.41) is 2.62. The minimum Gasteiger partial charge on any atom is -0.346 e. The molecule has 53 heavy (non-hydrogen) atoms. The first kappa shape index (κ1) is 45.2. The van der Waals surface area contributed by atoms with Gasteiger partial charge in [-0.05, 0) is 37.6 Å². The number of Topliss-reactive ketones (excluding diaryl/α,β-unsaturated/α-hetero) is 5. The number of H-pyrrole nitrogens is 1. The number of ketones is 6. The molecule has 1 saturated heterocycles. The van der Waals surface area contributed by atoms with Crippen molar-refractivity contribution in [2.75, 3.05) is 0 Å². The summed E-state index contributed by atoms with van der Waals surface area (Å²) >= 11 is 0. The number of pyridine rings is 1. The van der Waals surface area contributed by atoms with Crippen LogP contribution in [-0.4, -0.2) is 71.2 Å². The van der Waals surface area contributed by atoms with E-state index in [4.69, 9.17) is 0 Å². The molecule has 1 fully saturated rings. The third kappa shape index (κ3) is 16.9. The Labute approximate surface area is 309 Å². The van der Waals surface area contributed by atoms with Gasteiger partial charge < -0.3 is 14.9 Å². The van der Waals surface area contributed by atoms with Crippen LogP contribution in [0.15, 0.2) is 71.8 Å². The van der Waals surface area contributed by atoms with Crippen LogP contribution in [0.5, 0.6) is 0 Å². The molecule has 3 aromatic rings. The molecule has 0 saturated carbocycles. The van der Waals surface area contributed by atoms with Crippen LogP contribution in [-0.2, 0) is 26.2 Å². The predicted octanol–water partition coefficient (Wildman–Crippen LogP) is 5.02. The molecule has 0 radical (unpaired) electrons. The van der Waals surface area contributed by atoms with E-state index in [2.05, 4.69) is 25.3 Å². The fourth-order valence-electron chi connectivity index (χ4n) is 4.33. The molecule has 4 heterocycles. The maximum absolute atomic E-state index is 11.0. The van der Waals surface area contributed by atoms with E-state index in [0.29, 0.717) is 68.3 Å². The number of hydrogen-bond donors (Lipinski definition) is 2. The molecule has 0 spiro atoms. The van der Waals surface area contributed by atoms with Crippen LogP contribution in [0.25, 0.3) is 0 Å². The number of nitrogens with zero attached hydrogens (tertiary/aromatic N) is 4. The lowest BCUT2D eigenvalue weighted by Crippen LogP contribution is -2.32. The molecule has 0 aromatic carbocycles. The van der Waals surface area contributed by atoms with Crippen molar-refractivity contribution in [3.05, 3.63) is 100 Å². The van der Waals surface area contributed by atoms with Gasteiger partial charge in [-0.15, -0.1) is 0 Å². The molecule has 1 atom stereocenters. The van der Waals surface area contributed by atoms with E-state index in [1.807, 2.05) is 41.7 Å². The maximum Gasteiger partial charge on any atom is 0.258 e. The molecular formula is C39H50N6O8. The molecule has 2 aliphatic rings. The Hall–Kier alpha value is -5.79. The normalized spacial score (nSPS) is 13.9. The Kier molecular flexibility index (Phi) is 20.8. The van der Waals surface area contributed by atoms with Crippen LogP contribution in [0.4, 0.5) is 0 Å². The average molecular weight is 731 g/mol. The number of nitrogens with one attached hydrogen (secondary N) is 2. The zero-order chi connectivity index (χ0) is 39.9. The van der Waals surface area contributed by atoms with Crippen molar-refractivity contribution in [2.45, 2.75) is 99.0 Å². The topological polar surface area (TPSA) is 208 Å². The number of allylic oxidation sites excluding steroid dienone is 4. The summed E-state index contributed by atoms with van der Waals surface area (Å²) in [4.78, 5) is 101. The van der Waals surface area contributed by atoms with Crippen LogP contribution in [0, 0.1) is 6.92 Å². The van der Waals surface area contributed by atoms with Crippen molar-refractivity contribution >= 4 is 40.6 Å². The minimum atomic E-state index is -0.306. The summed E-state index contributed by atoms with van der Waals surface area (Å²) in [5.41, 5.74) is 2.46. The van der Waals surface area contributed by atoms with E-state index in [1.54, 1.807) is 48.4 Å². The van der Waals surface area contributed by atoms with E-state index in [1.165, 1.54) is 24.5 Å². The number of carbonyl (C=O) groups excluding carboxylic acids is 7. The number of aromatic nitrogens is 5. The molecule has 1 amide bonds. The van der Waals surface area contributed by atoms with Gasteiger partial charge in [0, 0.05) is 76.2 Å². The lowest BCUT2D eigenvalue weighted by molar-refractivity contribution is -0.124. The Morgan fingerprint density at radius 1 is 0.792 bits per heavy atom. The van der Waals surface area contributed by atoms with Crippen molar-refractivity contribution in [2.24, 2.45) is 7.05 Å². The van der Waals surface area contributed by atoms with Gasteiger partial charge in [-0.1, -0.05) is 40.7 Å². The van der Waals surface area contributed by atoms with Crippen LogP contribution < -0.4 is 10.9 Å².